The van der Waals surface area contributed by atoms with Crippen LogP contribution in [0.15, 0.2) is 34.4 Å². The molecular weight excluding hydrogens is 262 g/mol. The van der Waals surface area contributed by atoms with Crippen LogP contribution < -0.4 is 10.1 Å². The van der Waals surface area contributed by atoms with Crippen LogP contribution in [-0.2, 0) is 6.54 Å². The number of methoxy groups -OCH3 is 1. The zero-order valence-corrected chi connectivity index (χ0v) is 11.6. The number of ether oxygens (including phenoxy) is 1. The van der Waals surface area contributed by atoms with Gasteiger partial charge in [-0.05, 0) is 19.1 Å². The first-order chi connectivity index (χ1) is 9.29. The lowest BCUT2D eigenvalue weighted by Crippen LogP contribution is -2.18. The summed E-state index contributed by atoms with van der Waals surface area (Å²) >= 11 is 1.60. The SMILES string of the molecule is COc1nc2sccn2c1CNC(C)c1ccco1. The second-order valence-electron chi connectivity index (χ2n) is 4.24. The van der Waals surface area contributed by atoms with E-state index in [9.17, 15) is 0 Å². The Morgan fingerprint density at radius 1 is 1.58 bits per heavy atom. The third-order valence-corrected chi connectivity index (χ3v) is 3.82. The number of furan rings is 1. The molecule has 1 N–H and O–H groups in total. The number of thiazole rings is 1. The minimum Gasteiger partial charge on any atom is -0.480 e. The first-order valence-corrected chi connectivity index (χ1v) is 6.92. The molecule has 3 heterocycles. The van der Waals surface area contributed by atoms with Crippen molar-refractivity contribution in [3.05, 3.63) is 41.4 Å². The predicted molar refractivity (Wildman–Crippen MR) is 73.6 cm³/mol. The molecule has 3 aromatic heterocycles. The number of aromatic nitrogens is 2. The summed E-state index contributed by atoms with van der Waals surface area (Å²) in [5.74, 6) is 1.59. The molecular formula is C13H15N3O2S. The molecule has 0 bridgehead atoms. The number of hydrogen-bond acceptors (Lipinski definition) is 5. The highest BCUT2D eigenvalue weighted by Crippen LogP contribution is 2.23. The Morgan fingerprint density at radius 3 is 3.21 bits per heavy atom. The van der Waals surface area contributed by atoms with E-state index in [1.807, 2.05) is 28.1 Å². The summed E-state index contributed by atoms with van der Waals surface area (Å²) in [6, 6.07) is 4.00. The van der Waals surface area contributed by atoms with Crippen LogP contribution in [0, 0.1) is 0 Å². The van der Waals surface area contributed by atoms with Gasteiger partial charge < -0.3 is 14.5 Å². The molecule has 19 heavy (non-hydrogen) atoms. The van der Waals surface area contributed by atoms with Crippen molar-refractivity contribution in [1.82, 2.24) is 14.7 Å². The van der Waals surface area contributed by atoms with Crippen LogP contribution in [0.2, 0.25) is 0 Å². The quantitative estimate of drug-likeness (QED) is 0.779. The zero-order chi connectivity index (χ0) is 13.2. The number of rotatable bonds is 5. The van der Waals surface area contributed by atoms with Crippen molar-refractivity contribution in [3.8, 4) is 5.88 Å². The van der Waals surface area contributed by atoms with Gasteiger partial charge in [0.2, 0.25) is 5.88 Å². The van der Waals surface area contributed by atoms with E-state index >= 15 is 0 Å². The molecule has 3 rings (SSSR count). The van der Waals surface area contributed by atoms with Crippen molar-refractivity contribution in [2.24, 2.45) is 0 Å². The van der Waals surface area contributed by atoms with Gasteiger partial charge in [0.05, 0.1) is 19.4 Å². The summed E-state index contributed by atoms with van der Waals surface area (Å²) < 4.78 is 12.8. The zero-order valence-electron chi connectivity index (χ0n) is 10.8. The lowest BCUT2D eigenvalue weighted by atomic mass is 10.2. The highest BCUT2D eigenvalue weighted by atomic mass is 32.1. The van der Waals surface area contributed by atoms with Crippen LogP contribution >= 0.6 is 11.3 Å². The van der Waals surface area contributed by atoms with Crippen LogP contribution in [0.4, 0.5) is 0 Å². The Balaban J connectivity index is 1.79. The minimum atomic E-state index is 0.142. The first kappa shape index (κ1) is 12.3. The van der Waals surface area contributed by atoms with Crippen molar-refractivity contribution in [2.75, 3.05) is 7.11 Å². The molecule has 0 saturated carbocycles. The van der Waals surface area contributed by atoms with E-state index in [-0.39, 0.29) is 6.04 Å². The van der Waals surface area contributed by atoms with Crippen molar-refractivity contribution in [2.45, 2.75) is 19.5 Å². The van der Waals surface area contributed by atoms with Gasteiger partial charge in [0.25, 0.3) is 0 Å². The maximum absolute atomic E-state index is 5.38. The van der Waals surface area contributed by atoms with Crippen LogP contribution in [0.3, 0.4) is 0 Å². The summed E-state index contributed by atoms with van der Waals surface area (Å²) in [4.78, 5) is 5.37. The Labute approximate surface area is 114 Å². The van der Waals surface area contributed by atoms with Crippen LogP contribution in [0.1, 0.15) is 24.4 Å². The molecule has 0 aromatic carbocycles. The van der Waals surface area contributed by atoms with Crippen LogP contribution in [0.5, 0.6) is 5.88 Å². The van der Waals surface area contributed by atoms with Gasteiger partial charge in [-0.3, -0.25) is 4.40 Å². The number of imidazole rings is 1. The van der Waals surface area contributed by atoms with E-state index in [1.54, 1.807) is 24.7 Å². The van der Waals surface area contributed by atoms with Crippen LogP contribution in [0.25, 0.3) is 4.96 Å². The molecule has 0 amide bonds. The fourth-order valence-electron chi connectivity index (χ4n) is 2.03. The molecule has 0 aliphatic rings. The first-order valence-electron chi connectivity index (χ1n) is 6.05. The summed E-state index contributed by atoms with van der Waals surface area (Å²) in [5, 5.41) is 5.43. The molecule has 1 atom stereocenters. The second-order valence-corrected chi connectivity index (χ2v) is 5.11. The van der Waals surface area contributed by atoms with Gasteiger partial charge in [0, 0.05) is 18.1 Å². The smallest absolute Gasteiger partial charge is 0.237 e. The fourth-order valence-corrected chi connectivity index (χ4v) is 2.75. The van der Waals surface area contributed by atoms with Crippen molar-refractivity contribution >= 4 is 16.3 Å². The predicted octanol–water partition coefficient (Wildman–Crippen LogP) is 2.85. The van der Waals surface area contributed by atoms with Gasteiger partial charge in [-0.2, -0.15) is 4.98 Å². The molecule has 6 heteroatoms. The normalized spacial score (nSPS) is 12.9. The molecule has 5 nitrogen and oxygen atoms in total. The molecule has 0 spiro atoms. The Morgan fingerprint density at radius 2 is 2.47 bits per heavy atom. The van der Waals surface area contributed by atoms with E-state index in [2.05, 4.69) is 17.2 Å². The number of nitrogens with one attached hydrogen (secondary N) is 1. The van der Waals surface area contributed by atoms with Gasteiger partial charge in [0.15, 0.2) is 4.96 Å². The number of fused-ring (bicyclic) bond motifs is 1. The minimum absolute atomic E-state index is 0.142. The Bertz CT molecular complexity index is 657. The molecule has 100 valence electrons. The maximum Gasteiger partial charge on any atom is 0.237 e. The highest BCUT2D eigenvalue weighted by molar-refractivity contribution is 7.15. The molecule has 0 radical (unpaired) electrons. The van der Waals surface area contributed by atoms with Gasteiger partial charge in [-0.25, -0.2) is 0 Å². The van der Waals surface area contributed by atoms with Crippen molar-refractivity contribution < 1.29 is 9.15 Å². The summed E-state index contributed by atoms with van der Waals surface area (Å²) in [6.45, 7) is 2.74. The molecule has 3 aromatic rings. The third kappa shape index (κ3) is 2.24. The van der Waals surface area contributed by atoms with Crippen molar-refractivity contribution in [3.63, 3.8) is 0 Å². The summed E-state index contributed by atoms with van der Waals surface area (Å²) in [7, 11) is 1.64. The number of hydrogen-bond donors (Lipinski definition) is 1. The lowest BCUT2D eigenvalue weighted by molar-refractivity contribution is 0.386. The lowest BCUT2D eigenvalue weighted by Gasteiger charge is -2.11. The second kappa shape index (κ2) is 5.07. The monoisotopic (exact) mass is 277 g/mol. The van der Waals surface area contributed by atoms with E-state index in [1.165, 1.54) is 0 Å². The standard InChI is InChI=1S/C13H15N3O2S/c1-9(11-4-3-6-18-11)14-8-10-12(17-2)15-13-16(10)5-7-19-13/h3-7,9,14H,8H2,1-2H3. The largest absolute Gasteiger partial charge is 0.480 e. The average Bonchev–Trinajstić information content (AvgIpc) is 3.12. The topological polar surface area (TPSA) is 51.7 Å². The fraction of sp³-hybridized carbons (Fsp3) is 0.308. The van der Waals surface area contributed by atoms with E-state index < -0.39 is 0 Å². The van der Waals surface area contributed by atoms with Crippen molar-refractivity contribution in [1.29, 1.82) is 0 Å². The molecule has 0 aliphatic heterocycles. The molecule has 0 saturated heterocycles. The average molecular weight is 277 g/mol. The highest BCUT2D eigenvalue weighted by Gasteiger charge is 2.15. The molecule has 0 aliphatic carbocycles. The van der Waals surface area contributed by atoms with Gasteiger partial charge in [0.1, 0.15) is 11.5 Å². The van der Waals surface area contributed by atoms with Gasteiger partial charge >= 0.3 is 0 Å². The van der Waals surface area contributed by atoms with E-state index in [0.29, 0.717) is 12.4 Å². The van der Waals surface area contributed by atoms with E-state index in [0.717, 1.165) is 16.4 Å². The van der Waals surface area contributed by atoms with Gasteiger partial charge in [-0.1, -0.05) is 0 Å². The maximum atomic E-state index is 5.38. The van der Waals surface area contributed by atoms with E-state index in [4.69, 9.17) is 9.15 Å². The molecule has 0 fully saturated rings. The Kier molecular flexibility index (Phi) is 3.27. The molecule has 1 unspecified atom stereocenters. The summed E-state index contributed by atoms with van der Waals surface area (Å²) in [5.41, 5.74) is 1.03. The Hall–Kier alpha value is -1.79. The number of nitrogens with zero attached hydrogens (tertiary/aromatic N) is 2. The van der Waals surface area contributed by atoms with Crippen LogP contribution in [-0.4, -0.2) is 16.5 Å². The summed E-state index contributed by atoms with van der Waals surface area (Å²) in [6.07, 6.45) is 3.69. The third-order valence-electron chi connectivity index (χ3n) is 3.06. The van der Waals surface area contributed by atoms with Gasteiger partial charge in [-0.15, -0.1) is 11.3 Å².